The third kappa shape index (κ3) is 3.20. The molecule has 19 heavy (non-hydrogen) atoms. The van der Waals surface area contributed by atoms with Crippen LogP contribution in [0.15, 0.2) is 42.9 Å². The quantitative estimate of drug-likeness (QED) is 0.825. The molecule has 5 heteroatoms. The molecule has 2 rings (SSSR count). The third-order valence-electron chi connectivity index (χ3n) is 2.94. The van der Waals surface area contributed by atoms with Crippen LogP contribution in [0.25, 0.3) is 0 Å². The van der Waals surface area contributed by atoms with Gasteiger partial charge in [-0.3, -0.25) is 5.32 Å². The number of hydrogen-bond acceptors (Lipinski definition) is 4. The maximum Gasteiger partial charge on any atom is 0.329 e. The van der Waals surface area contributed by atoms with Crippen LogP contribution < -0.4 is 5.32 Å². The number of rotatable bonds is 5. The Morgan fingerprint density at radius 3 is 2.74 bits per heavy atom. The van der Waals surface area contributed by atoms with Gasteiger partial charge in [-0.2, -0.15) is 0 Å². The van der Waals surface area contributed by atoms with E-state index >= 15 is 0 Å². The molecule has 1 atom stereocenters. The van der Waals surface area contributed by atoms with Gasteiger partial charge in [0.05, 0.1) is 25.3 Å². The molecule has 1 N–H and O–H groups in total. The maximum atomic E-state index is 11.9. The molecule has 0 fully saturated rings. The standard InChI is InChI=1S/C14H17N3O2/c1-17-10-15-9-12(17)13(14(18)19-2)16-8-11-6-4-3-5-7-11/h3-7,9-10,13,16H,8H2,1-2H3. The van der Waals surface area contributed by atoms with E-state index in [1.54, 1.807) is 17.1 Å². The number of esters is 1. The molecule has 1 aromatic carbocycles. The number of benzene rings is 1. The van der Waals surface area contributed by atoms with Gasteiger partial charge in [-0.25, -0.2) is 9.78 Å². The molecule has 0 saturated heterocycles. The minimum Gasteiger partial charge on any atom is -0.468 e. The van der Waals surface area contributed by atoms with Crippen LogP contribution >= 0.6 is 0 Å². The summed E-state index contributed by atoms with van der Waals surface area (Å²) in [5.41, 5.74) is 1.89. The average molecular weight is 259 g/mol. The number of nitrogens with one attached hydrogen (secondary N) is 1. The van der Waals surface area contributed by atoms with Gasteiger partial charge in [-0.05, 0) is 5.56 Å². The Hall–Kier alpha value is -2.14. The minimum atomic E-state index is -0.516. The summed E-state index contributed by atoms with van der Waals surface area (Å²) in [5, 5.41) is 3.19. The lowest BCUT2D eigenvalue weighted by atomic mass is 10.2. The summed E-state index contributed by atoms with van der Waals surface area (Å²) in [4.78, 5) is 15.9. The molecule has 2 aromatic rings. The predicted molar refractivity (Wildman–Crippen MR) is 71.2 cm³/mol. The molecule has 0 bridgehead atoms. The van der Waals surface area contributed by atoms with Crippen LogP contribution in [0.3, 0.4) is 0 Å². The fourth-order valence-corrected chi connectivity index (χ4v) is 1.89. The average Bonchev–Trinajstić information content (AvgIpc) is 2.86. The third-order valence-corrected chi connectivity index (χ3v) is 2.94. The fraction of sp³-hybridized carbons (Fsp3) is 0.286. The van der Waals surface area contributed by atoms with E-state index in [1.165, 1.54) is 7.11 Å². The summed E-state index contributed by atoms with van der Waals surface area (Å²) in [6.45, 7) is 0.589. The van der Waals surface area contributed by atoms with Crippen LogP contribution in [-0.2, 0) is 23.1 Å². The van der Waals surface area contributed by atoms with Crippen molar-refractivity contribution in [2.45, 2.75) is 12.6 Å². The molecular formula is C14H17N3O2. The van der Waals surface area contributed by atoms with E-state index in [0.717, 1.165) is 11.3 Å². The summed E-state index contributed by atoms with van der Waals surface area (Å²) in [5.74, 6) is -0.320. The van der Waals surface area contributed by atoms with Crippen molar-refractivity contribution in [1.29, 1.82) is 0 Å². The first-order valence-electron chi connectivity index (χ1n) is 6.03. The number of nitrogens with zero attached hydrogens (tertiary/aromatic N) is 2. The largest absolute Gasteiger partial charge is 0.468 e. The Morgan fingerprint density at radius 1 is 1.42 bits per heavy atom. The van der Waals surface area contributed by atoms with Gasteiger partial charge in [-0.15, -0.1) is 0 Å². The number of methoxy groups -OCH3 is 1. The van der Waals surface area contributed by atoms with Crippen LogP contribution in [0.5, 0.6) is 0 Å². The number of carbonyl (C=O) groups is 1. The monoisotopic (exact) mass is 259 g/mol. The first-order chi connectivity index (χ1) is 9.22. The first-order valence-corrected chi connectivity index (χ1v) is 6.03. The number of aryl methyl sites for hydroxylation is 1. The second-order valence-electron chi connectivity index (χ2n) is 4.25. The number of carbonyl (C=O) groups excluding carboxylic acids is 1. The van der Waals surface area contributed by atoms with Crippen molar-refractivity contribution < 1.29 is 9.53 Å². The zero-order chi connectivity index (χ0) is 13.7. The maximum absolute atomic E-state index is 11.9. The molecule has 0 saturated carbocycles. The van der Waals surface area contributed by atoms with Crippen LogP contribution in [-0.4, -0.2) is 22.6 Å². The van der Waals surface area contributed by atoms with Gasteiger partial charge < -0.3 is 9.30 Å². The molecule has 0 aliphatic rings. The summed E-state index contributed by atoms with van der Waals surface area (Å²) in [6.07, 6.45) is 3.33. The van der Waals surface area contributed by atoms with Crippen molar-refractivity contribution in [3.8, 4) is 0 Å². The Kier molecular flexibility index (Phi) is 4.30. The Morgan fingerprint density at radius 2 is 2.16 bits per heavy atom. The number of imidazole rings is 1. The Labute approximate surface area is 112 Å². The number of aromatic nitrogens is 2. The van der Waals surface area contributed by atoms with Crippen molar-refractivity contribution in [2.75, 3.05) is 7.11 Å². The van der Waals surface area contributed by atoms with E-state index in [1.807, 2.05) is 37.4 Å². The van der Waals surface area contributed by atoms with Crippen molar-refractivity contribution in [3.63, 3.8) is 0 Å². The number of hydrogen-bond donors (Lipinski definition) is 1. The van der Waals surface area contributed by atoms with Gasteiger partial charge in [0.25, 0.3) is 0 Å². The molecule has 0 aliphatic heterocycles. The van der Waals surface area contributed by atoms with Gasteiger partial charge in [-0.1, -0.05) is 30.3 Å². The molecular weight excluding hydrogens is 242 g/mol. The van der Waals surface area contributed by atoms with Crippen molar-refractivity contribution >= 4 is 5.97 Å². The molecule has 0 spiro atoms. The van der Waals surface area contributed by atoms with E-state index < -0.39 is 6.04 Å². The van der Waals surface area contributed by atoms with Gasteiger partial charge in [0.2, 0.25) is 0 Å². The predicted octanol–water partition coefficient (Wildman–Crippen LogP) is 1.42. The van der Waals surface area contributed by atoms with Gasteiger partial charge in [0.1, 0.15) is 6.04 Å². The summed E-state index contributed by atoms with van der Waals surface area (Å²) < 4.78 is 6.64. The highest BCUT2D eigenvalue weighted by Crippen LogP contribution is 2.14. The van der Waals surface area contributed by atoms with Crippen LogP contribution in [0.2, 0.25) is 0 Å². The van der Waals surface area contributed by atoms with E-state index in [-0.39, 0.29) is 5.97 Å². The highest BCUT2D eigenvalue weighted by atomic mass is 16.5. The molecule has 5 nitrogen and oxygen atoms in total. The molecule has 0 aliphatic carbocycles. The fourth-order valence-electron chi connectivity index (χ4n) is 1.89. The van der Waals surface area contributed by atoms with E-state index in [9.17, 15) is 4.79 Å². The summed E-state index contributed by atoms with van der Waals surface area (Å²) >= 11 is 0. The van der Waals surface area contributed by atoms with Gasteiger partial charge in [0, 0.05) is 13.6 Å². The summed E-state index contributed by atoms with van der Waals surface area (Å²) in [6, 6.07) is 9.39. The highest BCUT2D eigenvalue weighted by Gasteiger charge is 2.23. The lowest BCUT2D eigenvalue weighted by Gasteiger charge is -2.16. The molecule has 1 unspecified atom stereocenters. The van der Waals surface area contributed by atoms with Gasteiger partial charge >= 0.3 is 5.97 Å². The van der Waals surface area contributed by atoms with E-state index in [2.05, 4.69) is 10.3 Å². The molecule has 1 heterocycles. The van der Waals surface area contributed by atoms with Crippen LogP contribution in [0.1, 0.15) is 17.3 Å². The van der Waals surface area contributed by atoms with Crippen molar-refractivity contribution in [3.05, 3.63) is 54.1 Å². The minimum absolute atomic E-state index is 0.320. The molecule has 1 aromatic heterocycles. The lowest BCUT2D eigenvalue weighted by molar-refractivity contribution is -0.143. The smallest absolute Gasteiger partial charge is 0.329 e. The normalized spacial score (nSPS) is 12.1. The Bertz CT molecular complexity index is 537. The summed E-state index contributed by atoms with van der Waals surface area (Å²) in [7, 11) is 3.23. The molecule has 0 radical (unpaired) electrons. The van der Waals surface area contributed by atoms with Crippen molar-refractivity contribution in [1.82, 2.24) is 14.9 Å². The zero-order valence-corrected chi connectivity index (χ0v) is 11.0. The van der Waals surface area contributed by atoms with E-state index in [4.69, 9.17) is 4.74 Å². The second kappa shape index (κ2) is 6.15. The first kappa shape index (κ1) is 13.3. The Balaban J connectivity index is 2.11. The van der Waals surface area contributed by atoms with E-state index in [0.29, 0.717) is 6.54 Å². The molecule has 100 valence electrons. The lowest BCUT2D eigenvalue weighted by Crippen LogP contribution is -2.30. The SMILES string of the molecule is COC(=O)C(NCc1ccccc1)c1cncn1C. The number of ether oxygens (including phenoxy) is 1. The van der Waals surface area contributed by atoms with Crippen LogP contribution in [0, 0.1) is 0 Å². The highest BCUT2D eigenvalue weighted by molar-refractivity contribution is 5.76. The topological polar surface area (TPSA) is 56.1 Å². The zero-order valence-electron chi connectivity index (χ0n) is 11.0. The molecule has 0 amide bonds. The van der Waals surface area contributed by atoms with Gasteiger partial charge in [0.15, 0.2) is 0 Å². The van der Waals surface area contributed by atoms with Crippen molar-refractivity contribution in [2.24, 2.45) is 7.05 Å². The van der Waals surface area contributed by atoms with Crippen LogP contribution in [0.4, 0.5) is 0 Å². The second-order valence-corrected chi connectivity index (χ2v) is 4.25.